The zero-order valence-corrected chi connectivity index (χ0v) is 14.3. The summed E-state index contributed by atoms with van der Waals surface area (Å²) >= 11 is 0. The predicted octanol–water partition coefficient (Wildman–Crippen LogP) is 3.33. The van der Waals surface area contributed by atoms with Gasteiger partial charge in [-0.2, -0.15) is 0 Å². The fourth-order valence-corrected chi connectivity index (χ4v) is 2.76. The van der Waals surface area contributed by atoms with E-state index in [9.17, 15) is 9.18 Å². The molecule has 1 atom stereocenters. The highest BCUT2D eigenvalue weighted by molar-refractivity contribution is 5.93. The molecular weight excluding hydrogens is 351 g/mol. The minimum absolute atomic E-state index is 0.0806. The van der Waals surface area contributed by atoms with Crippen molar-refractivity contribution in [1.82, 2.24) is 20.0 Å². The number of rotatable bonds is 5. The highest BCUT2D eigenvalue weighted by Gasteiger charge is 2.24. The second-order valence-electron chi connectivity index (χ2n) is 5.91. The van der Waals surface area contributed by atoms with Crippen molar-refractivity contribution in [2.75, 3.05) is 0 Å². The molecule has 3 heterocycles. The number of nitrogens with zero attached hydrogens (tertiary/aromatic N) is 3. The number of benzene rings is 1. The number of imidazole rings is 1. The van der Waals surface area contributed by atoms with Gasteiger partial charge in [0, 0.05) is 25.5 Å². The van der Waals surface area contributed by atoms with Gasteiger partial charge in [-0.15, -0.1) is 0 Å². The lowest BCUT2D eigenvalue weighted by molar-refractivity contribution is 0.0932. The minimum atomic E-state index is -0.656. The van der Waals surface area contributed by atoms with Gasteiger partial charge in [-0.3, -0.25) is 4.79 Å². The number of amides is 1. The van der Waals surface area contributed by atoms with Crippen LogP contribution in [0.25, 0.3) is 11.5 Å². The van der Waals surface area contributed by atoms with Crippen LogP contribution in [0.4, 0.5) is 4.39 Å². The van der Waals surface area contributed by atoms with Crippen LogP contribution in [0.3, 0.4) is 0 Å². The molecule has 4 rings (SSSR count). The maximum absolute atomic E-state index is 13.7. The molecule has 0 aliphatic heterocycles. The van der Waals surface area contributed by atoms with Crippen LogP contribution in [0.5, 0.6) is 0 Å². The van der Waals surface area contributed by atoms with Crippen molar-refractivity contribution >= 4 is 5.91 Å². The van der Waals surface area contributed by atoms with E-state index < -0.39 is 17.8 Å². The second-order valence-corrected chi connectivity index (χ2v) is 5.91. The highest BCUT2D eigenvalue weighted by atomic mass is 19.1. The van der Waals surface area contributed by atoms with E-state index in [1.807, 2.05) is 0 Å². The van der Waals surface area contributed by atoms with E-state index in [1.54, 1.807) is 48.3 Å². The van der Waals surface area contributed by atoms with E-state index in [2.05, 4.69) is 15.5 Å². The van der Waals surface area contributed by atoms with Crippen molar-refractivity contribution < 1.29 is 18.1 Å². The van der Waals surface area contributed by atoms with Crippen LogP contribution >= 0.6 is 0 Å². The first-order valence-corrected chi connectivity index (χ1v) is 8.16. The van der Waals surface area contributed by atoms with Gasteiger partial charge in [0.05, 0.1) is 6.26 Å². The Balaban J connectivity index is 1.64. The molecule has 1 aromatic carbocycles. The van der Waals surface area contributed by atoms with Crippen molar-refractivity contribution in [3.05, 3.63) is 84.0 Å². The first kappa shape index (κ1) is 16.8. The number of furan rings is 1. The molecule has 3 aromatic heterocycles. The zero-order valence-electron chi connectivity index (χ0n) is 14.3. The van der Waals surface area contributed by atoms with E-state index in [0.29, 0.717) is 22.9 Å². The lowest BCUT2D eigenvalue weighted by Gasteiger charge is -2.18. The first-order valence-electron chi connectivity index (χ1n) is 8.16. The van der Waals surface area contributed by atoms with Crippen molar-refractivity contribution in [1.29, 1.82) is 0 Å². The van der Waals surface area contributed by atoms with E-state index >= 15 is 0 Å². The predicted molar refractivity (Wildman–Crippen MR) is 93.1 cm³/mol. The molecule has 0 aliphatic carbocycles. The fourth-order valence-electron chi connectivity index (χ4n) is 2.76. The molecule has 0 unspecified atom stereocenters. The summed E-state index contributed by atoms with van der Waals surface area (Å²) in [6.45, 7) is 0. The smallest absolute Gasteiger partial charge is 0.274 e. The molecule has 0 spiro atoms. The molecule has 1 amide bonds. The van der Waals surface area contributed by atoms with Crippen LogP contribution in [0.2, 0.25) is 0 Å². The lowest BCUT2D eigenvalue weighted by atomic mass is 10.1. The Hall–Kier alpha value is -3.68. The van der Waals surface area contributed by atoms with Gasteiger partial charge in [-0.25, -0.2) is 9.37 Å². The molecule has 8 heteroatoms. The third-order valence-corrected chi connectivity index (χ3v) is 4.08. The average molecular weight is 366 g/mol. The summed E-state index contributed by atoms with van der Waals surface area (Å²) in [4.78, 5) is 17.0. The third kappa shape index (κ3) is 3.37. The number of halogens is 1. The summed E-state index contributed by atoms with van der Waals surface area (Å²) < 4.78 is 25.9. The zero-order chi connectivity index (χ0) is 18.8. The maximum atomic E-state index is 13.7. The van der Waals surface area contributed by atoms with Gasteiger partial charge in [0.25, 0.3) is 5.91 Å². The molecule has 0 saturated heterocycles. The van der Waals surface area contributed by atoms with Gasteiger partial charge < -0.3 is 18.8 Å². The van der Waals surface area contributed by atoms with E-state index in [1.165, 1.54) is 24.5 Å². The molecule has 4 aromatic rings. The lowest BCUT2D eigenvalue weighted by Crippen LogP contribution is -2.31. The van der Waals surface area contributed by atoms with Crippen LogP contribution in [-0.2, 0) is 7.05 Å². The van der Waals surface area contributed by atoms with E-state index in [4.69, 9.17) is 8.94 Å². The first-order chi connectivity index (χ1) is 13.1. The Labute approximate surface area is 153 Å². The van der Waals surface area contributed by atoms with Crippen LogP contribution < -0.4 is 5.32 Å². The Morgan fingerprint density at radius 1 is 1.22 bits per heavy atom. The van der Waals surface area contributed by atoms with Gasteiger partial charge >= 0.3 is 0 Å². The van der Waals surface area contributed by atoms with Gasteiger partial charge in [0.1, 0.15) is 17.7 Å². The van der Waals surface area contributed by atoms with E-state index in [-0.39, 0.29) is 5.69 Å². The largest absolute Gasteiger partial charge is 0.461 e. The van der Waals surface area contributed by atoms with Gasteiger partial charge in [0.15, 0.2) is 11.5 Å². The third-order valence-electron chi connectivity index (χ3n) is 4.08. The molecule has 0 saturated carbocycles. The molecule has 7 nitrogen and oxygen atoms in total. The molecule has 0 bridgehead atoms. The average Bonchev–Trinajstić information content (AvgIpc) is 3.40. The van der Waals surface area contributed by atoms with Gasteiger partial charge in [-0.05, 0) is 29.8 Å². The van der Waals surface area contributed by atoms with E-state index in [0.717, 1.165) is 0 Å². The Kier molecular flexibility index (Phi) is 4.29. The summed E-state index contributed by atoms with van der Waals surface area (Å²) in [6.07, 6.45) is 4.86. The van der Waals surface area contributed by atoms with Gasteiger partial charge in [0.2, 0.25) is 5.76 Å². The molecule has 0 fully saturated rings. The number of hydrogen-bond donors (Lipinski definition) is 1. The molecule has 0 radical (unpaired) electrons. The maximum Gasteiger partial charge on any atom is 0.274 e. The summed E-state index contributed by atoms with van der Waals surface area (Å²) in [5.74, 6) is 0.483. The molecule has 27 heavy (non-hydrogen) atoms. The Bertz CT molecular complexity index is 1070. The van der Waals surface area contributed by atoms with Crippen LogP contribution in [0.1, 0.15) is 27.9 Å². The van der Waals surface area contributed by atoms with Crippen LogP contribution in [0, 0.1) is 5.82 Å². The summed E-state index contributed by atoms with van der Waals surface area (Å²) in [6, 6.07) is 10.2. The topological polar surface area (TPSA) is 86.1 Å². The summed E-state index contributed by atoms with van der Waals surface area (Å²) in [7, 11) is 1.80. The number of carbonyl (C=O) groups excluding carboxylic acids is 1. The van der Waals surface area contributed by atoms with Crippen molar-refractivity contribution in [2.45, 2.75) is 6.04 Å². The fraction of sp³-hybridized carbons (Fsp3) is 0.105. The Morgan fingerprint density at radius 2 is 2.11 bits per heavy atom. The normalized spacial score (nSPS) is 12.1. The van der Waals surface area contributed by atoms with Crippen LogP contribution in [0.15, 0.2) is 70.1 Å². The number of aryl methyl sites for hydroxylation is 1. The SMILES string of the molecule is Cn1ccnc1[C@@H](NC(=O)c1cc(-c2ccco2)on1)c1cccc(F)c1. The minimum Gasteiger partial charge on any atom is -0.461 e. The van der Waals surface area contributed by atoms with Gasteiger partial charge in [-0.1, -0.05) is 17.3 Å². The highest BCUT2D eigenvalue weighted by Crippen LogP contribution is 2.24. The standard InChI is InChI=1S/C19H15FN4O3/c1-24-8-7-21-18(24)17(12-4-2-5-13(20)10-12)22-19(25)14-11-16(27-23-14)15-6-3-9-26-15/h2-11,17H,1H3,(H,22,25)/t17-/m0/s1. The molecule has 1 N–H and O–H groups in total. The summed E-state index contributed by atoms with van der Waals surface area (Å²) in [5.41, 5.74) is 0.643. The number of aromatic nitrogens is 3. The quantitative estimate of drug-likeness (QED) is 0.585. The second kappa shape index (κ2) is 6.91. The van der Waals surface area contributed by atoms with Crippen molar-refractivity contribution in [3.8, 4) is 11.5 Å². The Morgan fingerprint density at radius 3 is 2.81 bits per heavy atom. The molecule has 0 aliphatic rings. The molecular formula is C19H15FN4O3. The number of nitrogens with one attached hydrogen (secondary N) is 1. The molecule has 136 valence electrons. The summed E-state index contributed by atoms with van der Waals surface area (Å²) in [5, 5.41) is 6.63. The van der Waals surface area contributed by atoms with Crippen LogP contribution in [-0.4, -0.2) is 20.6 Å². The number of carbonyl (C=O) groups is 1. The monoisotopic (exact) mass is 366 g/mol. The van der Waals surface area contributed by atoms with Crippen molar-refractivity contribution in [2.24, 2.45) is 7.05 Å². The number of hydrogen-bond acceptors (Lipinski definition) is 5. The van der Waals surface area contributed by atoms with Crippen molar-refractivity contribution in [3.63, 3.8) is 0 Å².